The molecule has 7 N–H and O–H groups in total. The highest BCUT2D eigenvalue weighted by Gasteiger charge is 2.46. The number of aliphatic hydroxyl groups is 1. The lowest BCUT2D eigenvalue weighted by atomic mass is 10.1. The van der Waals surface area contributed by atoms with E-state index in [0.29, 0.717) is 0 Å². The van der Waals surface area contributed by atoms with Gasteiger partial charge in [0.05, 0.1) is 6.61 Å². The van der Waals surface area contributed by atoms with Crippen molar-refractivity contribution < 1.29 is 48.8 Å². The van der Waals surface area contributed by atoms with Crippen LogP contribution in [0.4, 0.5) is 0 Å². The van der Waals surface area contributed by atoms with E-state index in [2.05, 4.69) is 0 Å². The molecule has 0 radical (unpaired) electrons. The third kappa shape index (κ3) is 7.54. The molecule has 0 bridgehead atoms. The molecule has 11 nitrogen and oxygen atoms in total. The third-order valence-corrected chi connectivity index (χ3v) is 3.01. The van der Waals surface area contributed by atoms with E-state index in [4.69, 9.17) is 25.2 Å². The number of carboxylic acid groups (broad SMARTS) is 3. The van der Waals surface area contributed by atoms with Crippen molar-refractivity contribution in [3.05, 3.63) is 0 Å². The van der Waals surface area contributed by atoms with E-state index < -0.39 is 60.6 Å². The summed E-state index contributed by atoms with van der Waals surface area (Å²) in [6, 6.07) is -1.28. The van der Waals surface area contributed by atoms with Gasteiger partial charge in [-0.15, -0.1) is 0 Å². The summed E-state index contributed by atoms with van der Waals surface area (Å²) in [6.07, 6.45) is -0.0158. The number of rotatable bonds is 11. The van der Waals surface area contributed by atoms with Crippen molar-refractivity contribution in [3.8, 4) is 0 Å². The number of quaternary nitrogens is 1. The maximum absolute atomic E-state index is 12.0. The van der Waals surface area contributed by atoms with Gasteiger partial charge in [-0.25, -0.2) is 19.2 Å². The van der Waals surface area contributed by atoms with Gasteiger partial charge in [-0.2, -0.15) is 0 Å². The number of aliphatic hydroxyl groups excluding tert-OH is 1. The smallest absolute Gasteiger partial charge is 0.365 e. The van der Waals surface area contributed by atoms with Crippen LogP contribution in [0.2, 0.25) is 0 Å². The summed E-state index contributed by atoms with van der Waals surface area (Å²) < 4.78 is 3.71. The maximum Gasteiger partial charge on any atom is 0.365 e. The molecule has 0 aromatic rings. The molecule has 0 saturated heterocycles. The average molecular weight is 339 g/mol. The fraction of sp³-hybridized carbons (Fsp3) is 0.667. The first kappa shape index (κ1) is 23.0. The van der Waals surface area contributed by atoms with Crippen LogP contribution in [0.5, 0.6) is 0 Å². The summed E-state index contributed by atoms with van der Waals surface area (Å²) in [5.41, 5.74) is 0. The minimum Gasteiger partial charge on any atom is -0.477 e. The fourth-order valence-corrected chi connectivity index (χ4v) is 2.33. The Morgan fingerprint density at radius 3 is 1.61 bits per heavy atom. The highest BCUT2D eigenvalue weighted by atomic mass is 16.5. The standard InChI is InChI=1S/C12H19NO9.H3N/c1-2-8(12(21)22-4-3-14)13(5-9(15)16,6-10(17)18)7-11(19)20;/h8,14H,2-7H2,1H3,(H2-,15,16,17,18,19,20);1H3/p+1. The van der Waals surface area contributed by atoms with E-state index >= 15 is 0 Å². The van der Waals surface area contributed by atoms with Gasteiger partial charge in [0.15, 0.2) is 25.7 Å². The number of hydrogen-bond acceptors (Lipinski definition) is 7. The third-order valence-electron chi connectivity index (χ3n) is 3.01. The Morgan fingerprint density at radius 1 is 0.957 bits per heavy atom. The number of carbonyl (C=O) groups excluding carboxylic acids is 1. The van der Waals surface area contributed by atoms with Gasteiger partial charge in [-0.3, -0.25) is 4.48 Å². The topological polar surface area (TPSA) is 193 Å². The summed E-state index contributed by atoms with van der Waals surface area (Å²) in [7, 11) is 0. The second-order valence-electron chi connectivity index (χ2n) is 4.69. The van der Waals surface area contributed by atoms with Gasteiger partial charge in [0.25, 0.3) is 0 Å². The molecule has 0 aromatic heterocycles. The second kappa shape index (κ2) is 10.5. The highest BCUT2D eigenvalue weighted by molar-refractivity contribution is 5.78. The number of esters is 1. The monoisotopic (exact) mass is 339 g/mol. The summed E-state index contributed by atoms with van der Waals surface area (Å²) in [4.78, 5) is 45.1. The molecule has 0 aromatic carbocycles. The van der Waals surface area contributed by atoms with Crippen LogP contribution in [0.3, 0.4) is 0 Å². The molecular formula is C12H23N2O9+. The van der Waals surface area contributed by atoms with Gasteiger partial charge in [0.1, 0.15) is 6.61 Å². The largest absolute Gasteiger partial charge is 0.477 e. The fourth-order valence-electron chi connectivity index (χ4n) is 2.33. The summed E-state index contributed by atoms with van der Waals surface area (Å²) in [5, 5.41) is 35.6. The number of ether oxygens (including phenoxy) is 1. The molecule has 0 aliphatic carbocycles. The normalized spacial score (nSPS) is 11.9. The molecule has 134 valence electrons. The van der Waals surface area contributed by atoms with Gasteiger partial charge in [0.2, 0.25) is 0 Å². The van der Waals surface area contributed by atoms with Crippen molar-refractivity contribution in [2.75, 3.05) is 32.8 Å². The molecule has 23 heavy (non-hydrogen) atoms. The Morgan fingerprint density at radius 2 is 1.35 bits per heavy atom. The van der Waals surface area contributed by atoms with Crippen LogP contribution in [-0.2, 0) is 23.9 Å². The predicted octanol–water partition coefficient (Wildman–Crippen LogP) is -1.47. The molecule has 0 amide bonds. The van der Waals surface area contributed by atoms with Crippen molar-refractivity contribution in [1.29, 1.82) is 0 Å². The van der Waals surface area contributed by atoms with Gasteiger partial charge in [0, 0.05) is 6.42 Å². The Bertz CT molecular complexity index is 397. The molecule has 0 heterocycles. The van der Waals surface area contributed by atoms with Gasteiger partial charge < -0.3 is 31.3 Å². The number of aliphatic carboxylic acids is 3. The van der Waals surface area contributed by atoms with Crippen molar-refractivity contribution >= 4 is 23.9 Å². The van der Waals surface area contributed by atoms with Crippen LogP contribution >= 0.6 is 0 Å². The summed E-state index contributed by atoms with van der Waals surface area (Å²) >= 11 is 0. The van der Waals surface area contributed by atoms with Crippen LogP contribution < -0.4 is 6.15 Å². The minimum absolute atomic E-state index is 0. The van der Waals surface area contributed by atoms with E-state index in [1.54, 1.807) is 0 Å². The lowest BCUT2D eigenvalue weighted by Crippen LogP contribution is -2.64. The van der Waals surface area contributed by atoms with Crippen LogP contribution in [-0.4, -0.2) is 87.7 Å². The quantitative estimate of drug-likeness (QED) is 0.219. The molecule has 0 spiro atoms. The lowest BCUT2D eigenvalue weighted by molar-refractivity contribution is -0.923. The first-order valence-electron chi connectivity index (χ1n) is 6.47. The molecule has 11 heteroatoms. The molecule has 0 rings (SSSR count). The van der Waals surface area contributed by atoms with Crippen LogP contribution in [0.1, 0.15) is 13.3 Å². The van der Waals surface area contributed by atoms with Gasteiger partial charge >= 0.3 is 23.9 Å². The SMILES string of the molecule is CCC(C(=O)OCCO)[N+](CC(=O)O)(CC(=O)O)CC(=O)O.N. The number of carbonyl (C=O) groups is 4. The number of hydrogen-bond donors (Lipinski definition) is 5. The average Bonchev–Trinajstić information content (AvgIpc) is 2.34. The molecule has 0 aliphatic heterocycles. The Hall–Kier alpha value is -2.24. The molecule has 0 fully saturated rings. The zero-order valence-corrected chi connectivity index (χ0v) is 12.8. The summed E-state index contributed by atoms with van der Waals surface area (Å²) in [6.45, 7) is -1.88. The van der Waals surface area contributed by atoms with E-state index in [0.717, 1.165) is 0 Å². The Labute approximate surface area is 132 Å². The molecule has 0 saturated carbocycles. The van der Waals surface area contributed by atoms with E-state index in [1.165, 1.54) is 6.92 Å². The Kier molecular flexibility index (Phi) is 10.5. The van der Waals surface area contributed by atoms with Crippen LogP contribution in [0.25, 0.3) is 0 Å². The highest BCUT2D eigenvalue weighted by Crippen LogP contribution is 2.19. The number of carboxylic acids is 3. The van der Waals surface area contributed by atoms with Crippen molar-refractivity contribution in [2.24, 2.45) is 0 Å². The van der Waals surface area contributed by atoms with E-state index in [-0.39, 0.29) is 19.2 Å². The van der Waals surface area contributed by atoms with E-state index in [9.17, 15) is 19.2 Å². The summed E-state index contributed by atoms with van der Waals surface area (Å²) in [5.74, 6) is -5.25. The van der Waals surface area contributed by atoms with Crippen molar-refractivity contribution in [1.82, 2.24) is 6.15 Å². The lowest BCUT2D eigenvalue weighted by Gasteiger charge is -2.39. The number of nitrogens with zero attached hydrogens (tertiary/aromatic N) is 1. The van der Waals surface area contributed by atoms with Crippen molar-refractivity contribution in [2.45, 2.75) is 19.4 Å². The molecule has 1 unspecified atom stereocenters. The van der Waals surface area contributed by atoms with Crippen LogP contribution in [0, 0.1) is 0 Å². The minimum atomic E-state index is -1.43. The zero-order chi connectivity index (χ0) is 17.3. The molecule has 0 aliphatic rings. The first-order valence-corrected chi connectivity index (χ1v) is 6.47. The zero-order valence-electron chi connectivity index (χ0n) is 12.8. The maximum atomic E-state index is 12.0. The van der Waals surface area contributed by atoms with Gasteiger partial charge in [-0.05, 0) is 0 Å². The van der Waals surface area contributed by atoms with Crippen LogP contribution in [0.15, 0.2) is 0 Å². The molecule has 1 atom stereocenters. The van der Waals surface area contributed by atoms with Crippen molar-refractivity contribution in [3.63, 3.8) is 0 Å². The predicted molar refractivity (Wildman–Crippen MR) is 74.9 cm³/mol. The second-order valence-corrected chi connectivity index (χ2v) is 4.69. The van der Waals surface area contributed by atoms with Gasteiger partial charge in [-0.1, -0.05) is 6.92 Å². The molecular weight excluding hydrogens is 316 g/mol. The first-order chi connectivity index (χ1) is 10.2. The Balaban J connectivity index is 0. The van der Waals surface area contributed by atoms with E-state index in [1.807, 2.05) is 0 Å².